The van der Waals surface area contributed by atoms with Gasteiger partial charge in [0.25, 0.3) is 0 Å². The molecule has 1 heterocycles. The zero-order valence-electron chi connectivity index (χ0n) is 13.3. The van der Waals surface area contributed by atoms with E-state index < -0.39 is 0 Å². The summed E-state index contributed by atoms with van der Waals surface area (Å²) in [5, 5.41) is 7.86. The molecule has 20 heavy (non-hydrogen) atoms. The SMILES string of the molecule is CNC(Cc1ncnn1CC(C)C)CC1CCCCC1. The topological polar surface area (TPSA) is 42.7 Å². The fraction of sp³-hybridized carbons (Fsp3) is 0.875. The lowest BCUT2D eigenvalue weighted by Crippen LogP contribution is -2.32. The second kappa shape index (κ2) is 7.77. The number of rotatable bonds is 7. The Hall–Kier alpha value is -0.900. The lowest BCUT2D eigenvalue weighted by Gasteiger charge is -2.26. The molecule has 1 fully saturated rings. The van der Waals surface area contributed by atoms with Crippen molar-refractivity contribution in [3.63, 3.8) is 0 Å². The Morgan fingerprint density at radius 1 is 1.30 bits per heavy atom. The zero-order valence-corrected chi connectivity index (χ0v) is 13.3. The third-order valence-electron chi connectivity index (χ3n) is 4.41. The Kier molecular flexibility index (Phi) is 6.02. The van der Waals surface area contributed by atoms with Crippen molar-refractivity contribution in [1.29, 1.82) is 0 Å². The average Bonchev–Trinajstić information content (AvgIpc) is 2.85. The minimum atomic E-state index is 0.535. The van der Waals surface area contributed by atoms with E-state index in [1.165, 1.54) is 38.5 Å². The van der Waals surface area contributed by atoms with Crippen LogP contribution in [0.3, 0.4) is 0 Å². The Bertz CT molecular complexity index is 380. The highest BCUT2D eigenvalue weighted by Crippen LogP contribution is 2.27. The normalized spacial score (nSPS) is 18.6. The number of likely N-dealkylation sites (N-methyl/N-ethyl adjacent to an activating group) is 1. The van der Waals surface area contributed by atoms with E-state index in [-0.39, 0.29) is 0 Å². The van der Waals surface area contributed by atoms with Gasteiger partial charge in [-0.05, 0) is 25.3 Å². The third kappa shape index (κ3) is 4.58. The zero-order chi connectivity index (χ0) is 14.4. The highest BCUT2D eigenvalue weighted by Gasteiger charge is 2.20. The second-order valence-corrected chi connectivity index (χ2v) is 6.68. The third-order valence-corrected chi connectivity index (χ3v) is 4.41. The molecule has 1 N–H and O–H groups in total. The van der Waals surface area contributed by atoms with Gasteiger partial charge in [0.05, 0.1) is 0 Å². The molecular formula is C16H30N4. The van der Waals surface area contributed by atoms with Crippen molar-refractivity contribution in [2.45, 2.75) is 71.4 Å². The molecule has 0 amide bonds. The molecule has 1 aliphatic rings. The summed E-state index contributed by atoms with van der Waals surface area (Å²) < 4.78 is 2.08. The Morgan fingerprint density at radius 2 is 2.05 bits per heavy atom. The number of nitrogens with one attached hydrogen (secondary N) is 1. The maximum Gasteiger partial charge on any atom is 0.138 e. The van der Waals surface area contributed by atoms with Gasteiger partial charge in [-0.2, -0.15) is 5.10 Å². The number of hydrogen-bond acceptors (Lipinski definition) is 3. The lowest BCUT2D eigenvalue weighted by molar-refractivity contribution is 0.299. The van der Waals surface area contributed by atoms with Crippen molar-refractivity contribution in [1.82, 2.24) is 20.1 Å². The van der Waals surface area contributed by atoms with E-state index >= 15 is 0 Å². The first kappa shape index (κ1) is 15.5. The summed E-state index contributed by atoms with van der Waals surface area (Å²) in [6.07, 6.45) is 11.1. The molecule has 1 saturated carbocycles. The summed E-state index contributed by atoms with van der Waals surface area (Å²) in [5.74, 6) is 2.65. The van der Waals surface area contributed by atoms with Gasteiger partial charge in [-0.25, -0.2) is 9.67 Å². The van der Waals surface area contributed by atoms with Crippen molar-refractivity contribution in [3.8, 4) is 0 Å². The Morgan fingerprint density at radius 3 is 2.70 bits per heavy atom. The quantitative estimate of drug-likeness (QED) is 0.833. The second-order valence-electron chi connectivity index (χ2n) is 6.68. The van der Waals surface area contributed by atoms with Gasteiger partial charge in [0.1, 0.15) is 12.2 Å². The van der Waals surface area contributed by atoms with Crippen LogP contribution in [0, 0.1) is 11.8 Å². The van der Waals surface area contributed by atoms with E-state index in [1.807, 2.05) is 0 Å². The first-order valence-electron chi connectivity index (χ1n) is 8.23. The van der Waals surface area contributed by atoms with Gasteiger partial charge in [-0.1, -0.05) is 46.0 Å². The van der Waals surface area contributed by atoms with Crippen molar-refractivity contribution in [2.24, 2.45) is 11.8 Å². The van der Waals surface area contributed by atoms with Crippen LogP contribution >= 0.6 is 0 Å². The predicted molar refractivity (Wildman–Crippen MR) is 82.6 cm³/mol. The average molecular weight is 278 g/mol. The van der Waals surface area contributed by atoms with Crippen LogP contribution in [0.1, 0.15) is 58.2 Å². The van der Waals surface area contributed by atoms with Crippen molar-refractivity contribution in [3.05, 3.63) is 12.2 Å². The summed E-state index contributed by atoms with van der Waals surface area (Å²) in [6, 6.07) is 0.535. The van der Waals surface area contributed by atoms with E-state index in [2.05, 4.69) is 41.0 Å². The van der Waals surface area contributed by atoms with Crippen LogP contribution in [0.5, 0.6) is 0 Å². The molecule has 4 nitrogen and oxygen atoms in total. The van der Waals surface area contributed by atoms with Crippen LogP contribution in [-0.2, 0) is 13.0 Å². The molecule has 0 bridgehead atoms. The van der Waals surface area contributed by atoms with Crippen LogP contribution in [0.15, 0.2) is 6.33 Å². The number of aromatic nitrogens is 3. The highest BCUT2D eigenvalue weighted by atomic mass is 15.3. The molecule has 1 aromatic heterocycles. The first-order valence-corrected chi connectivity index (χ1v) is 8.23. The van der Waals surface area contributed by atoms with Crippen LogP contribution < -0.4 is 5.32 Å². The molecule has 4 heteroatoms. The van der Waals surface area contributed by atoms with Gasteiger partial charge in [0.15, 0.2) is 0 Å². The van der Waals surface area contributed by atoms with Gasteiger partial charge < -0.3 is 5.32 Å². The smallest absolute Gasteiger partial charge is 0.138 e. The number of nitrogens with zero attached hydrogens (tertiary/aromatic N) is 3. The number of hydrogen-bond donors (Lipinski definition) is 1. The molecule has 0 spiro atoms. The fourth-order valence-corrected chi connectivity index (χ4v) is 3.29. The minimum absolute atomic E-state index is 0.535. The predicted octanol–water partition coefficient (Wildman–Crippen LogP) is 3.04. The summed E-state index contributed by atoms with van der Waals surface area (Å²) in [4.78, 5) is 4.46. The van der Waals surface area contributed by atoms with E-state index in [1.54, 1.807) is 6.33 Å². The van der Waals surface area contributed by atoms with Crippen molar-refractivity contribution >= 4 is 0 Å². The summed E-state index contributed by atoms with van der Waals surface area (Å²) in [5.41, 5.74) is 0. The van der Waals surface area contributed by atoms with Gasteiger partial charge in [0, 0.05) is 19.0 Å². The van der Waals surface area contributed by atoms with Crippen LogP contribution in [-0.4, -0.2) is 27.9 Å². The maximum atomic E-state index is 4.46. The van der Waals surface area contributed by atoms with E-state index in [4.69, 9.17) is 0 Å². The lowest BCUT2D eigenvalue weighted by atomic mass is 9.84. The van der Waals surface area contributed by atoms with Crippen LogP contribution in [0.2, 0.25) is 0 Å². The molecule has 0 saturated heterocycles. The van der Waals surface area contributed by atoms with Crippen molar-refractivity contribution in [2.75, 3.05) is 7.05 Å². The molecule has 0 radical (unpaired) electrons. The van der Waals surface area contributed by atoms with E-state index in [0.717, 1.165) is 24.7 Å². The first-order chi connectivity index (χ1) is 9.69. The molecule has 1 aliphatic carbocycles. The molecule has 114 valence electrons. The van der Waals surface area contributed by atoms with E-state index in [9.17, 15) is 0 Å². The molecule has 1 atom stereocenters. The molecular weight excluding hydrogens is 248 g/mol. The molecule has 0 aromatic carbocycles. The van der Waals surface area contributed by atoms with Crippen LogP contribution in [0.4, 0.5) is 0 Å². The van der Waals surface area contributed by atoms with Crippen molar-refractivity contribution < 1.29 is 0 Å². The molecule has 0 aliphatic heterocycles. The monoisotopic (exact) mass is 278 g/mol. The molecule has 2 rings (SSSR count). The highest BCUT2D eigenvalue weighted by molar-refractivity contribution is 4.91. The standard InChI is InChI=1S/C16H30N4/c1-13(2)11-20-16(18-12-19-20)10-15(17-3)9-14-7-5-4-6-8-14/h12-15,17H,4-11H2,1-3H3. The summed E-state index contributed by atoms with van der Waals surface area (Å²) in [7, 11) is 2.08. The molecule has 1 unspecified atom stereocenters. The summed E-state index contributed by atoms with van der Waals surface area (Å²) >= 11 is 0. The van der Waals surface area contributed by atoms with Gasteiger partial charge in [-0.3, -0.25) is 0 Å². The Balaban J connectivity index is 1.90. The van der Waals surface area contributed by atoms with E-state index in [0.29, 0.717) is 12.0 Å². The maximum absolute atomic E-state index is 4.46. The van der Waals surface area contributed by atoms with Gasteiger partial charge >= 0.3 is 0 Å². The Labute approximate surface area is 123 Å². The minimum Gasteiger partial charge on any atom is -0.317 e. The van der Waals surface area contributed by atoms with Gasteiger partial charge in [-0.15, -0.1) is 0 Å². The fourth-order valence-electron chi connectivity index (χ4n) is 3.29. The van der Waals surface area contributed by atoms with Crippen LogP contribution in [0.25, 0.3) is 0 Å². The molecule has 1 aromatic rings. The largest absolute Gasteiger partial charge is 0.317 e. The summed E-state index contributed by atoms with van der Waals surface area (Å²) in [6.45, 7) is 5.42. The van der Waals surface area contributed by atoms with Gasteiger partial charge in [0.2, 0.25) is 0 Å².